The van der Waals surface area contributed by atoms with Gasteiger partial charge in [-0.1, -0.05) is 48.5 Å². The van der Waals surface area contributed by atoms with Gasteiger partial charge in [-0.25, -0.2) is 8.42 Å². The van der Waals surface area contributed by atoms with Crippen LogP contribution in [-0.2, 0) is 22.8 Å². The Bertz CT molecular complexity index is 1270. The van der Waals surface area contributed by atoms with Gasteiger partial charge in [0.25, 0.3) is 0 Å². The second kappa shape index (κ2) is 6.62. The van der Waals surface area contributed by atoms with Crippen LogP contribution in [0, 0.1) is 0 Å². The molecule has 1 N–H and O–H groups in total. The first-order valence-electron chi connectivity index (χ1n) is 9.29. The van der Waals surface area contributed by atoms with E-state index in [4.69, 9.17) is 4.42 Å². The summed E-state index contributed by atoms with van der Waals surface area (Å²) in [7, 11) is -3.69. The second-order valence-corrected chi connectivity index (χ2v) is 8.87. The SMILES string of the molecule is O=S(=O)(c1ccc2c3c(oc2c1)CNCC3)c1ccccc1-c1ccccc1. The van der Waals surface area contributed by atoms with Crippen molar-refractivity contribution in [2.45, 2.75) is 22.8 Å². The van der Waals surface area contributed by atoms with Crippen molar-refractivity contribution >= 4 is 20.8 Å². The van der Waals surface area contributed by atoms with Gasteiger partial charge in [0.1, 0.15) is 11.3 Å². The molecule has 2 heterocycles. The predicted molar refractivity (Wildman–Crippen MR) is 109 cm³/mol. The number of hydrogen-bond acceptors (Lipinski definition) is 4. The summed E-state index contributed by atoms with van der Waals surface area (Å²) < 4.78 is 32.9. The van der Waals surface area contributed by atoms with Crippen LogP contribution >= 0.6 is 0 Å². The van der Waals surface area contributed by atoms with E-state index < -0.39 is 9.84 Å². The number of sulfone groups is 1. The molecule has 140 valence electrons. The molecular weight excluding hydrogens is 370 g/mol. The molecule has 0 spiro atoms. The third-order valence-electron chi connectivity index (χ3n) is 5.26. The fourth-order valence-corrected chi connectivity index (χ4v) is 5.36. The van der Waals surface area contributed by atoms with Gasteiger partial charge in [0.15, 0.2) is 0 Å². The maximum atomic E-state index is 13.5. The van der Waals surface area contributed by atoms with E-state index in [9.17, 15) is 8.42 Å². The second-order valence-electron chi connectivity index (χ2n) is 6.95. The molecule has 0 atom stereocenters. The van der Waals surface area contributed by atoms with E-state index >= 15 is 0 Å². The Hall–Kier alpha value is -2.89. The Labute approximate surface area is 163 Å². The average Bonchev–Trinajstić information content (AvgIpc) is 3.12. The number of nitrogens with one attached hydrogen (secondary N) is 1. The maximum Gasteiger partial charge on any atom is 0.207 e. The van der Waals surface area contributed by atoms with E-state index in [1.807, 2.05) is 48.5 Å². The van der Waals surface area contributed by atoms with Crippen LogP contribution < -0.4 is 5.32 Å². The van der Waals surface area contributed by atoms with Crippen molar-refractivity contribution < 1.29 is 12.8 Å². The van der Waals surface area contributed by atoms with Gasteiger partial charge in [0.05, 0.1) is 16.3 Å². The summed E-state index contributed by atoms with van der Waals surface area (Å²) in [5.41, 5.74) is 3.39. The molecule has 0 saturated heterocycles. The lowest BCUT2D eigenvalue weighted by Gasteiger charge is -2.11. The smallest absolute Gasteiger partial charge is 0.207 e. The van der Waals surface area contributed by atoms with Crippen molar-refractivity contribution in [2.24, 2.45) is 0 Å². The van der Waals surface area contributed by atoms with Gasteiger partial charge >= 0.3 is 0 Å². The number of hydrogen-bond donors (Lipinski definition) is 1. The van der Waals surface area contributed by atoms with Crippen LogP contribution in [0.3, 0.4) is 0 Å². The summed E-state index contributed by atoms with van der Waals surface area (Å²) in [6.45, 7) is 1.59. The molecule has 1 aliphatic rings. The fourth-order valence-electron chi connectivity index (χ4n) is 3.86. The van der Waals surface area contributed by atoms with Crippen LogP contribution in [0.2, 0.25) is 0 Å². The van der Waals surface area contributed by atoms with Crippen LogP contribution in [0.4, 0.5) is 0 Å². The molecule has 4 nitrogen and oxygen atoms in total. The molecule has 28 heavy (non-hydrogen) atoms. The molecule has 0 fully saturated rings. The highest BCUT2D eigenvalue weighted by Gasteiger charge is 2.24. The van der Waals surface area contributed by atoms with Crippen LogP contribution in [-0.4, -0.2) is 15.0 Å². The van der Waals surface area contributed by atoms with Gasteiger partial charge in [-0.2, -0.15) is 0 Å². The molecule has 0 aliphatic carbocycles. The van der Waals surface area contributed by atoms with Crippen molar-refractivity contribution in [1.29, 1.82) is 0 Å². The molecule has 5 rings (SSSR count). The zero-order valence-electron chi connectivity index (χ0n) is 15.2. The van der Waals surface area contributed by atoms with Crippen LogP contribution in [0.5, 0.6) is 0 Å². The maximum absolute atomic E-state index is 13.5. The highest BCUT2D eigenvalue weighted by Crippen LogP contribution is 2.34. The van der Waals surface area contributed by atoms with Crippen LogP contribution in [0.25, 0.3) is 22.1 Å². The Balaban J connectivity index is 1.66. The van der Waals surface area contributed by atoms with Gasteiger partial charge in [-0.05, 0) is 36.7 Å². The van der Waals surface area contributed by atoms with E-state index in [-0.39, 0.29) is 4.90 Å². The van der Waals surface area contributed by atoms with E-state index in [0.29, 0.717) is 22.6 Å². The minimum atomic E-state index is -3.69. The molecule has 0 saturated carbocycles. The Morgan fingerprint density at radius 3 is 2.54 bits per heavy atom. The van der Waals surface area contributed by atoms with E-state index in [0.717, 1.165) is 29.7 Å². The standard InChI is InChI=1S/C23H19NO3S/c25-28(26,23-9-5-4-8-18(23)16-6-2-1-3-7-16)17-10-11-19-20-12-13-24-15-22(20)27-21(19)14-17/h1-11,14,24H,12-13,15H2. The minimum Gasteiger partial charge on any atom is -0.459 e. The Kier molecular flexibility index (Phi) is 4.07. The molecule has 0 bridgehead atoms. The van der Waals surface area contributed by atoms with Crippen molar-refractivity contribution in [3.05, 3.63) is 84.1 Å². The normalized spacial score (nSPS) is 14.1. The molecule has 3 aromatic carbocycles. The van der Waals surface area contributed by atoms with Gasteiger partial charge in [0, 0.05) is 22.6 Å². The number of benzene rings is 3. The number of fused-ring (bicyclic) bond motifs is 3. The summed E-state index contributed by atoms with van der Waals surface area (Å²) in [5.74, 6) is 0.903. The van der Waals surface area contributed by atoms with E-state index in [1.165, 1.54) is 5.56 Å². The van der Waals surface area contributed by atoms with E-state index in [2.05, 4.69) is 5.32 Å². The summed E-state index contributed by atoms with van der Waals surface area (Å²) in [5, 5.41) is 4.29. The summed E-state index contributed by atoms with van der Waals surface area (Å²) in [6.07, 6.45) is 0.894. The Morgan fingerprint density at radius 1 is 0.893 bits per heavy atom. The van der Waals surface area contributed by atoms with Crippen molar-refractivity contribution in [1.82, 2.24) is 5.32 Å². The topological polar surface area (TPSA) is 59.3 Å². The highest BCUT2D eigenvalue weighted by atomic mass is 32.2. The van der Waals surface area contributed by atoms with Crippen molar-refractivity contribution in [2.75, 3.05) is 6.54 Å². The first-order valence-corrected chi connectivity index (χ1v) is 10.8. The highest BCUT2D eigenvalue weighted by molar-refractivity contribution is 7.91. The van der Waals surface area contributed by atoms with Gasteiger partial charge in [-0.3, -0.25) is 0 Å². The molecule has 0 amide bonds. The molecule has 0 unspecified atom stereocenters. The first-order chi connectivity index (χ1) is 13.6. The lowest BCUT2D eigenvalue weighted by Crippen LogP contribution is -2.22. The monoisotopic (exact) mass is 389 g/mol. The van der Waals surface area contributed by atoms with Gasteiger partial charge < -0.3 is 9.73 Å². The minimum absolute atomic E-state index is 0.252. The lowest BCUT2D eigenvalue weighted by molar-refractivity contribution is 0.487. The average molecular weight is 389 g/mol. The molecule has 1 aromatic heterocycles. The molecule has 4 aromatic rings. The number of rotatable bonds is 3. The predicted octanol–water partition coefficient (Wildman–Crippen LogP) is 4.58. The van der Waals surface area contributed by atoms with Gasteiger partial charge in [0.2, 0.25) is 9.84 Å². The first kappa shape index (κ1) is 17.2. The third kappa shape index (κ3) is 2.75. The molecule has 1 aliphatic heterocycles. The lowest BCUT2D eigenvalue weighted by atomic mass is 10.1. The van der Waals surface area contributed by atoms with Crippen LogP contribution in [0.1, 0.15) is 11.3 Å². The molecule has 5 heteroatoms. The van der Waals surface area contributed by atoms with E-state index in [1.54, 1.807) is 24.3 Å². The zero-order chi connectivity index (χ0) is 19.1. The summed E-state index contributed by atoms with van der Waals surface area (Å²) >= 11 is 0. The fraction of sp³-hybridized carbons (Fsp3) is 0.130. The summed E-state index contributed by atoms with van der Waals surface area (Å²) in [6, 6.07) is 21.9. The third-order valence-corrected chi connectivity index (χ3v) is 7.07. The quantitative estimate of drug-likeness (QED) is 0.557. The molecule has 0 radical (unpaired) electrons. The van der Waals surface area contributed by atoms with Crippen molar-refractivity contribution in [3.63, 3.8) is 0 Å². The zero-order valence-corrected chi connectivity index (χ0v) is 16.0. The largest absolute Gasteiger partial charge is 0.459 e. The van der Waals surface area contributed by atoms with Gasteiger partial charge in [-0.15, -0.1) is 0 Å². The number of furan rings is 1. The summed E-state index contributed by atoms with van der Waals surface area (Å²) in [4.78, 5) is 0.556. The van der Waals surface area contributed by atoms with Crippen LogP contribution in [0.15, 0.2) is 87.0 Å². The molecular formula is C23H19NO3S. The van der Waals surface area contributed by atoms with Crippen molar-refractivity contribution in [3.8, 4) is 11.1 Å². The Morgan fingerprint density at radius 2 is 1.68 bits per heavy atom.